The van der Waals surface area contributed by atoms with Gasteiger partial charge in [-0.05, 0) is 43.2 Å². The number of nitriles is 1. The molecular weight excluding hydrogens is 392 g/mol. The van der Waals surface area contributed by atoms with Crippen LogP contribution in [0, 0.1) is 25.2 Å². The summed E-state index contributed by atoms with van der Waals surface area (Å²) in [5, 5.41) is 10.7. The summed E-state index contributed by atoms with van der Waals surface area (Å²) in [6, 6.07) is 13.4. The van der Waals surface area contributed by atoms with Gasteiger partial charge in [-0.15, -0.1) is 0 Å². The zero-order chi connectivity index (χ0) is 20.3. The molecule has 1 heterocycles. The van der Waals surface area contributed by atoms with Gasteiger partial charge >= 0.3 is 0 Å². The Balaban J connectivity index is 1.96. The molecule has 0 atom stereocenters. The highest BCUT2D eigenvalue weighted by molar-refractivity contribution is 7.08. The number of rotatable bonds is 5. The molecule has 0 bridgehead atoms. The van der Waals surface area contributed by atoms with E-state index < -0.39 is 0 Å². The standard InChI is InChI=1S/C21H19ClN4OS/c1-13-10-19(14(2)9-18(13)24-12-26(3)4)27-21-16(11-23)20(25-28-21)15-7-5-6-8-17(15)22/h5-10,12H,1-4H3. The number of benzene rings is 2. The van der Waals surface area contributed by atoms with E-state index in [1.165, 1.54) is 0 Å². The lowest BCUT2D eigenvalue weighted by Crippen LogP contribution is -2.07. The molecule has 0 aliphatic carbocycles. The van der Waals surface area contributed by atoms with Crippen LogP contribution in [0.5, 0.6) is 10.8 Å². The Morgan fingerprint density at radius 1 is 1.21 bits per heavy atom. The second-order valence-electron chi connectivity index (χ2n) is 6.50. The SMILES string of the molecule is Cc1cc(Oc2snc(-c3ccccc3Cl)c2C#N)c(C)cc1N=CN(C)C. The van der Waals surface area contributed by atoms with E-state index in [9.17, 15) is 5.26 Å². The lowest BCUT2D eigenvalue weighted by molar-refractivity contribution is 0.491. The van der Waals surface area contributed by atoms with Gasteiger partial charge in [-0.3, -0.25) is 0 Å². The predicted molar refractivity (Wildman–Crippen MR) is 115 cm³/mol. The molecule has 0 unspecified atom stereocenters. The molecule has 0 aliphatic heterocycles. The minimum atomic E-state index is 0.379. The van der Waals surface area contributed by atoms with Crippen molar-refractivity contribution in [3.8, 4) is 28.1 Å². The maximum atomic E-state index is 9.68. The van der Waals surface area contributed by atoms with Crippen molar-refractivity contribution < 1.29 is 4.74 Å². The third-order valence-corrected chi connectivity index (χ3v) is 5.08. The van der Waals surface area contributed by atoms with E-state index in [2.05, 4.69) is 15.4 Å². The number of hydrogen-bond acceptors (Lipinski definition) is 5. The maximum absolute atomic E-state index is 9.68. The van der Waals surface area contributed by atoms with Crippen molar-refractivity contribution in [2.24, 2.45) is 4.99 Å². The summed E-state index contributed by atoms with van der Waals surface area (Å²) in [6.45, 7) is 3.92. The molecule has 3 aromatic rings. The zero-order valence-electron chi connectivity index (χ0n) is 16.0. The molecule has 0 N–H and O–H groups in total. The summed E-state index contributed by atoms with van der Waals surface area (Å²) in [4.78, 5) is 6.35. The molecule has 3 rings (SSSR count). The van der Waals surface area contributed by atoms with Crippen LogP contribution in [0.25, 0.3) is 11.3 Å². The molecule has 0 radical (unpaired) electrons. The van der Waals surface area contributed by atoms with E-state index in [0.717, 1.165) is 28.3 Å². The fourth-order valence-corrected chi connectivity index (χ4v) is 3.53. The first-order valence-corrected chi connectivity index (χ1v) is 9.70. The van der Waals surface area contributed by atoms with E-state index in [-0.39, 0.29) is 0 Å². The Bertz CT molecular complexity index is 1080. The summed E-state index contributed by atoms with van der Waals surface area (Å²) < 4.78 is 10.5. The number of aliphatic imine (C=N–C) groups is 1. The lowest BCUT2D eigenvalue weighted by atomic mass is 10.1. The van der Waals surface area contributed by atoms with Gasteiger partial charge in [0.05, 0.1) is 17.0 Å². The van der Waals surface area contributed by atoms with Crippen LogP contribution in [-0.4, -0.2) is 29.7 Å². The number of hydrogen-bond donors (Lipinski definition) is 0. The van der Waals surface area contributed by atoms with Crippen LogP contribution in [0.4, 0.5) is 5.69 Å². The summed E-state index contributed by atoms with van der Waals surface area (Å²) in [7, 11) is 3.85. The Hall–Kier alpha value is -2.88. The number of ether oxygens (including phenoxy) is 1. The minimum absolute atomic E-state index is 0.379. The highest BCUT2D eigenvalue weighted by atomic mass is 35.5. The highest BCUT2D eigenvalue weighted by Gasteiger charge is 2.19. The second kappa shape index (κ2) is 8.42. The minimum Gasteiger partial charge on any atom is -0.443 e. The maximum Gasteiger partial charge on any atom is 0.218 e. The van der Waals surface area contributed by atoms with Gasteiger partial charge in [0.15, 0.2) is 0 Å². The van der Waals surface area contributed by atoms with Gasteiger partial charge in [0.2, 0.25) is 5.06 Å². The molecule has 2 aromatic carbocycles. The molecule has 0 fully saturated rings. The van der Waals surface area contributed by atoms with E-state index in [0.29, 0.717) is 32.7 Å². The highest BCUT2D eigenvalue weighted by Crippen LogP contribution is 2.40. The quantitative estimate of drug-likeness (QED) is 0.384. The molecule has 1 aromatic heterocycles. The Morgan fingerprint density at radius 3 is 2.64 bits per heavy atom. The third-order valence-electron chi connectivity index (χ3n) is 4.03. The van der Waals surface area contributed by atoms with E-state index >= 15 is 0 Å². The smallest absolute Gasteiger partial charge is 0.218 e. The van der Waals surface area contributed by atoms with Gasteiger partial charge in [-0.1, -0.05) is 29.8 Å². The van der Waals surface area contributed by atoms with Crippen molar-refractivity contribution >= 4 is 35.2 Å². The second-order valence-corrected chi connectivity index (χ2v) is 7.64. The molecule has 0 saturated carbocycles. The first-order valence-electron chi connectivity index (χ1n) is 8.55. The number of nitrogens with zero attached hydrogens (tertiary/aromatic N) is 4. The Labute approximate surface area is 173 Å². The first kappa shape index (κ1) is 19.9. The average Bonchev–Trinajstić information content (AvgIpc) is 3.06. The van der Waals surface area contributed by atoms with E-state index in [1.54, 1.807) is 12.4 Å². The number of aromatic nitrogens is 1. The third kappa shape index (κ3) is 4.16. The largest absolute Gasteiger partial charge is 0.443 e. The Kier molecular flexibility index (Phi) is 5.98. The van der Waals surface area contributed by atoms with E-state index in [4.69, 9.17) is 16.3 Å². The monoisotopic (exact) mass is 410 g/mol. The molecule has 5 nitrogen and oxygen atoms in total. The van der Waals surface area contributed by atoms with Gasteiger partial charge in [-0.25, -0.2) is 4.99 Å². The summed E-state index contributed by atoms with van der Waals surface area (Å²) in [5.41, 5.74) is 4.41. The van der Waals surface area contributed by atoms with Crippen molar-refractivity contribution in [1.29, 1.82) is 5.26 Å². The van der Waals surface area contributed by atoms with Crippen molar-refractivity contribution in [3.63, 3.8) is 0 Å². The fraction of sp³-hybridized carbons (Fsp3) is 0.190. The molecule has 7 heteroatoms. The van der Waals surface area contributed by atoms with Crippen molar-refractivity contribution in [1.82, 2.24) is 9.27 Å². The predicted octanol–water partition coefficient (Wildman–Crippen LogP) is 5.97. The van der Waals surface area contributed by atoms with Crippen LogP contribution in [0.15, 0.2) is 41.4 Å². The Morgan fingerprint density at radius 2 is 1.96 bits per heavy atom. The summed E-state index contributed by atoms with van der Waals surface area (Å²) >= 11 is 7.41. The molecule has 0 aliphatic rings. The van der Waals surface area contributed by atoms with E-state index in [1.807, 2.05) is 63.2 Å². The van der Waals surface area contributed by atoms with Crippen LogP contribution in [-0.2, 0) is 0 Å². The summed E-state index contributed by atoms with van der Waals surface area (Å²) in [5.74, 6) is 0.673. The van der Waals surface area contributed by atoms with Crippen molar-refractivity contribution in [2.45, 2.75) is 13.8 Å². The van der Waals surface area contributed by atoms with Gasteiger partial charge in [-0.2, -0.15) is 9.64 Å². The molecule has 142 valence electrons. The first-order chi connectivity index (χ1) is 13.4. The number of aryl methyl sites for hydroxylation is 2. The van der Waals surface area contributed by atoms with Gasteiger partial charge in [0, 0.05) is 31.2 Å². The fourth-order valence-electron chi connectivity index (χ4n) is 2.58. The van der Waals surface area contributed by atoms with Crippen LogP contribution >= 0.6 is 23.1 Å². The van der Waals surface area contributed by atoms with Gasteiger partial charge in [0.1, 0.15) is 23.1 Å². The van der Waals surface area contributed by atoms with Crippen molar-refractivity contribution in [2.75, 3.05) is 14.1 Å². The molecular formula is C21H19ClN4OS. The normalized spacial score (nSPS) is 10.9. The zero-order valence-corrected chi connectivity index (χ0v) is 17.6. The topological polar surface area (TPSA) is 61.5 Å². The molecule has 0 amide bonds. The molecule has 0 spiro atoms. The summed E-state index contributed by atoms with van der Waals surface area (Å²) in [6.07, 6.45) is 1.76. The lowest BCUT2D eigenvalue weighted by Gasteiger charge is -2.11. The number of halogens is 1. The van der Waals surface area contributed by atoms with Crippen LogP contribution < -0.4 is 4.74 Å². The molecule has 28 heavy (non-hydrogen) atoms. The average molecular weight is 411 g/mol. The van der Waals surface area contributed by atoms with Gasteiger partial charge < -0.3 is 9.64 Å². The van der Waals surface area contributed by atoms with Crippen LogP contribution in [0.1, 0.15) is 16.7 Å². The van der Waals surface area contributed by atoms with Crippen LogP contribution in [0.2, 0.25) is 5.02 Å². The van der Waals surface area contributed by atoms with Crippen LogP contribution in [0.3, 0.4) is 0 Å². The van der Waals surface area contributed by atoms with Gasteiger partial charge in [0.25, 0.3) is 0 Å². The molecule has 0 saturated heterocycles. The van der Waals surface area contributed by atoms with Crippen molar-refractivity contribution in [3.05, 3.63) is 58.1 Å².